The van der Waals surface area contributed by atoms with Gasteiger partial charge in [0, 0.05) is 30.3 Å². The molecule has 0 aromatic carbocycles. The molecule has 4 nitrogen and oxygen atoms in total. The van der Waals surface area contributed by atoms with Crippen LogP contribution in [0.25, 0.3) is 0 Å². The second-order valence-electron chi connectivity index (χ2n) is 4.64. The molecular formula is C11H16ClN3O. The molecule has 2 atom stereocenters. The molecule has 5 heteroatoms. The highest BCUT2D eigenvalue weighted by molar-refractivity contribution is 5.85. The molecule has 0 saturated heterocycles. The van der Waals surface area contributed by atoms with Crippen LogP contribution in [0.1, 0.15) is 30.9 Å². The van der Waals surface area contributed by atoms with Gasteiger partial charge in [-0.15, -0.1) is 12.4 Å². The molecular weight excluding hydrogens is 226 g/mol. The Bertz CT molecular complexity index is 361. The Labute approximate surface area is 101 Å². The summed E-state index contributed by atoms with van der Waals surface area (Å²) in [5, 5.41) is 3.03. The lowest BCUT2D eigenvalue weighted by atomic mass is 10.2. The van der Waals surface area contributed by atoms with Crippen LogP contribution in [-0.4, -0.2) is 22.4 Å². The van der Waals surface area contributed by atoms with Crippen molar-refractivity contribution in [2.24, 2.45) is 11.8 Å². The predicted octanol–water partition coefficient (Wildman–Crippen LogP) is 1.46. The van der Waals surface area contributed by atoms with Gasteiger partial charge in [-0.3, -0.25) is 4.79 Å². The van der Waals surface area contributed by atoms with Crippen LogP contribution in [0.2, 0.25) is 0 Å². The first kappa shape index (κ1) is 11.5. The smallest absolute Gasteiger partial charge is 0.223 e. The van der Waals surface area contributed by atoms with Crippen LogP contribution in [0.15, 0.2) is 12.5 Å². The van der Waals surface area contributed by atoms with Crippen LogP contribution >= 0.6 is 12.4 Å². The van der Waals surface area contributed by atoms with Crippen LogP contribution in [0.5, 0.6) is 0 Å². The first-order valence-corrected chi connectivity index (χ1v) is 5.60. The Balaban J connectivity index is 0.000000963. The Morgan fingerprint density at radius 2 is 2.38 bits per heavy atom. The highest BCUT2D eigenvalue weighted by Gasteiger charge is 2.44. The summed E-state index contributed by atoms with van der Waals surface area (Å²) in [6.45, 7) is 0.880. The van der Waals surface area contributed by atoms with Gasteiger partial charge in [-0.1, -0.05) is 0 Å². The lowest BCUT2D eigenvalue weighted by Gasteiger charge is -2.02. The molecule has 16 heavy (non-hydrogen) atoms. The average Bonchev–Trinajstić information content (AvgIpc) is 3.16. The molecule has 2 N–H and O–H groups in total. The van der Waals surface area contributed by atoms with E-state index >= 15 is 0 Å². The fourth-order valence-electron chi connectivity index (χ4n) is 2.00. The van der Waals surface area contributed by atoms with Crippen molar-refractivity contribution < 1.29 is 4.79 Å². The summed E-state index contributed by atoms with van der Waals surface area (Å²) in [5.74, 6) is 1.55. The van der Waals surface area contributed by atoms with Crippen LogP contribution in [0.4, 0.5) is 0 Å². The number of aromatic nitrogens is 2. The Morgan fingerprint density at radius 3 is 3.00 bits per heavy atom. The van der Waals surface area contributed by atoms with E-state index in [1.165, 1.54) is 12.8 Å². The van der Waals surface area contributed by atoms with Crippen molar-refractivity contribution in [1.29, 1.82) is 0 Å². The van der Waals surface area contributed by atoms with Gasteiger partial charge in [-0.25, -0.2) is 4.98 Å². The van der Waals surface area contributed by atoms with Gasteiger partial charge in [0.1, 0.15) is 0 Å². The first-order valence-electron chi connectivity index (χ1n) is 5.60. The number of carbonyl (C=O) groups is 1. The average molecular weight is 242 g/mol. The fraction of sp³-hybridized carbons (Fsp3) is 0.636. The lowest BCUT2D eigenvalue weighted by Crippen LogP contribution is -2.27. The molecule has 2 saturated carbocycles. The van der Waals surface area contributed by atoms with Gasteiger partial charge in [0.25, 0.3) is 0 Å². The van der Waals surface area contributed by atoms with Crippen molar-refractivity contribution >= 4 is 18.3 Å². The minimum absolute atomic E-state index is 0. The number of H-pyrrole nitrogens is 1. The molecule has 88 valence electrons. The largest absolute Gasteiger partial charge is 0.356 e. The molecule has 1 aromatic heterocycles. The molecule has 2 aliphatic carbocycles. The van der Waals surface area contributed by atoms with Crippen molar-refractivity contribution in [3.8, 4) is 0 Å². The van der Waals surface area contributed by atoms with Crippen LogP contribution in [-0.2, 0) is 4.79 Å². The SMILES string of the molecule is Cl.O=C(NCC1CC1)[C@H]1C[C@@H]1c1cnc[nH]1. The predicted molar refractivity (Wildman–Crippen MR) is 62.4 cm³/mol. The quantitative estimate of drug-likeness (QED) is 0.839. The van der Waals surface area contributed by atoms with Gasteiger partial charge in [-0.05, 0) is 25.2 Å². The summed E-state index contributed by atoms with van der Waals surface area (Å²) in [6.07, 6.45) is 7.04. The van der Waals surface area contributed by atoms with E-state index in [0.717, 1.165) is 24.6 Å². The molecule has 1 aromatic rings. The number of aromatic amines is 1. The molecule has 2 aliphatic rings. The van der Waals surface area contributed by atoms with E-state index < -0.39 is 0 Å². The number of halogens is 1. The van der Waals surface area contributed by atoms with Gasteiger partial charge >= 0.3 is 0 Å². The van der Waals surface area contributed by atoms with Crippen molar-refractivity contribution in [3.63, 3.8) is 0 Å². The zero-order valence-electron chi connectivity index (χ0n) is 8.98. The van der Waals surface area contributed by atoms with E-state index in [0.29, 0.717) is 5.92 Å². The van der Waals surface area contributed by atoms with Gasteiger partial charge in [-0.2, -0.15) is 0 Å². The van der Waals surface area contributed by atoms with Gasteiger partial charge in [0.05, 0.1) is 6.33 Å². The second kappa shape index (κ2) is 4.45. The van der Waals surface area contributed by atoms with E-state index in [2.05, 4.69) is 15.3 Å². The topological polar surface area (TPSA) is 57.8 Å². The lowest BCUT2D eigenvalue weighted by molar-refractivity contribution is -0.122. The molecule has 2 fully saturated rings. The molecule has 0 bridgehead atoms. The normalized spacial score (nSPS) is 27.0. The maximum Gasteiger partial charge on any atom is 0.223 e. The summed E-state index contributed by atoms with van der Waals surface area (Å²) in [4.78, 5) is 18.7. The van der Waals surface area contributed by atoms with Crippen LogP contribution in [0, 0.1) is 11.8 Å². The third-order valence-corrected chi connectivity index (χ3v) is 3.31. The van der Waals surface area contributed by atoms with Gasteiger partial charge in [0.15, 0.2) is 0 Å². The van der Waals surface area contributed by atoms with Crippen LogP contribution < -0.4 is 5.32 Å². The Kier molecular flexibility index (Phi) is 3.19. The molecule has 0 radical (unpaired) electrons. The van der Waals surface area contributed by atoms with E-state index in [1.54, 1.807) is 6.33 Å². The summed E-state index contributed by atoms with van der Waals surface area (Å²) >= 11 is 0. The Morgan fingerprint density at radius 1 is 1.56 bits per heavy atom. The minimum Gasteiger partial charge on any atom is -0.356 e. The summed E-state index contributed by atoms with van der Waals surface area (Å²) < 4.78 is 0. The third kappa shape index (κ3) is 2.38. The zero-order valence-corrected chi connectivity index (χ0v) is 9.80. The number of nitrogens with zero attached hydrogens (tertiary/aromatic N) is 1. The molecule has 0 spiro atoms. The van der Waals surface area contributed by atoms with Gasteiger partial charge in [0.2, 0.25) is 5.91 Å². The van der Waals surface area contributed by atoms with Crippen molar-refractivity contribution in [2.45, 2.75) is 25.2 Å². The summed E-state index contributed by atoms with van der Waals surface area (Å²) in [6, 6.07) is 0. The first-order chi connectivity index (χ1) is 7.34. The van der Waals surface area contributed by atoms with E-state index in [-0.39, 0.29) is 24.2 Å². The summed E-state index contributed by atoms with van der Waals surface area (Å²) in [7, 11) is 0. The van der Waals surface area contributed by atoms with Crippen molar-refractivity contribution in [3.05, 3.63) is 18.2 Å². The molecule has 1 heterocycles. The highest BCUT2D eigenvalue weighted by Crippen LogP contribution is 2.46. The zero-order chi connectivity index (χ0) is 10.3. The standard InChI is InChI=1S/C11H15N3O.ClH/c15-11(13-4-7-1-2-7)9-3-8(9)10-5-12-6-14-10;/h5-9H,1-4H2,(H,12,14)(H,13,15);1H/t8-,9-;/m0./s1. The molecule has 0 aliphatic heterocycles. The number of carbonyl (C=O) groups excluding carboxylic acids is 1. The molecule has 1 amide bonds. The number of rotatable bonds is 4. The van der Waals surface area contributed by atoms with Crippen molar-refractivity contribution in [2.75, 3.05) is 6.54 Å². The number of nitrogens with one attached hydrogen (secondary N) is 2. The monoisotopic (exact) mass is 241 g/mol. The number of imidazole rings is 1. The van der Waals surface area contributed by atoms with E-state index in [9.17, 15) is 4.79 Å². The molecule has 3 rings (SSSR count). The number of hydrogen-bond acceptors (Lipinski definition) is 2. The number of hydrogen-bond donors (Lipinski definition) is 2. The van der Waals surface area contributed by atoms with E-state index in [1.807, 2.05) is 6.20 Å². The van der Waals surface area contributed by atoms with Crippen LogP contribution in [0.3, 0.4) is 0 Å². The Hall–Kier alpha value is -1.03. The third-order valence-electron chi connectivity index (χ3n) is 3.31. The minimum atomic E-state index is 0. The fourth-order valence-corrected chi connectivity index (χ4v) is 2.00. The number of amides is 1. The summed E-state index contributed by atoms with van der Waals surface area (Å²) in [5.41, 5.74) is 1.10. The van der Waals surface area contributed by atoms with Gasteiger partial charge < -0.3 is 10.3 Å². The highest BCUT2D eigenvalue weighted by atomic mass is 35.5. The maximum atomic E-state index is 11.7. The molecule has 0 unspecified atom stereocenters. The maximum absolute atomic E-state index is 11.7. The van der Waals surface area contributed by atoms with E-state index in [4.69, 9.17) is 0 Å². The second-order valence-corrected chi connectivity index (χ2v) is 4.64. The van der Waals surface area contributed by atoms with Crippen molar-refractivity contribution in [1.82, 2.24) is 15.3 Å².